The Balaban J connectivity index is 2.74. The van der Waals surface area contributed by atoms with Crippen LogP contribution in [0.15, 0.2) is 6.07 Å². The molecule has 0 saturated carbocycles. The van der Waals surface area contributed by atoms with Crippen molar-refractivity contribution in [2.75, 3.05) is 0 Å². The number of aromatic hydroxyl groups is 2. The van der Waals surface area contributed by atoms with Gasteiger partial charge in [0.1, 0.15) is 11.5 Å². The summed E-state index contributed by atoms with van der Waals surface area (Å²) in [6, 6.07) is 3.30. The van der Waals surface area contributed by atoms with Crippen LogP contribution in [-0.2, 0) is 4.74 Å². The molecule has 1 aromatic rings. The van der Waals surface area contributed by atoms with Crippen molar-refractivity contribution in [3.05, 3.63) is 22.8 Å². The molecule has 1 aliphatic rings. The topological polar surface area (TPSA) is 73.5 Å². The molecule has 0 bridgehead atoms. The number of hydrogen-bond donors (Lipinski definition) is 2. The minimum Gasteiger partial charge on any atom is -0.508 e. The number of nitriles is 1. The number of ether oxygens (including phenoxy) is 1. The van der Waals surface area contributed by atoms with Crippen molar-refractivity contribution in [1.82, 2.24) is 0 Å². The van der Waals surface area contributed by atoms with Gasteiger partial charge in [-0.2, -0.15) is 5.26 Å². The number of fused-ring (bicyclic) bond motifs is 1. The maximum absolute atomic E-state index is 9.88. The Hall–Kier alpha value is -1.73. The van der Waals surface area contributed by atoms with Crippen LogP contribution in [0.4, 0.5) is 0 Å². The summed E-state index contributed by atoms with van der Waals surface area (Å²) >= 11 is 0. The largest absolute Gasteiger partial charge is 0.508 e. The highest BCUT2D eigenvalue weighted by Crippen LogP contribution is 2.46. The van der Waals surface area contributed by atoms with E-state index in [1.807, 2.05) is 19.9 Å². The molecule has 0 spiro atoms. The van der Waals surface area contributed by atoms with E-state index in [0.717, 1.165) is 5.56 Å². The van der Waals surface area contributed by atoms with E-state index >= 15 is 0 Å². The molecule has 0 fully saturated rings. The highest BCUT2D eigenvalue weighted by atomic mass is 16.5. The second kappa shape index (κ2) is 3.94. The van der Waals surface area contributed by atoms with Crippen molar-refractivity contribution < 1.29 is 14.9 Å². The third-order valence-corrected chi connectivity index (χ3v) is 3.52. The van der Waals surface area contributed by atoms with E-state index in [0.29, 0.717) is 11.1 Å². The van der Waals surface area contributed by atoms with Gasteiger partial charge >= 0.3 is 0 Å². The van der Waals surface area contributed by atoms with Gasteiger partial charge in [0.15, 0.2) is 6.10 Å². The summed E-state index contributed by atoms with van der Waals surface area (Å²) in [6.45, 7) is 5.64. The Morgan fingerprint density at radius 2 is 1.88 bits per heavy atom. The highest BCUT2D eigenvalue weighted by Gasteiger charge is 2.35. The van der Waals surface area contributed by atoms with Crippen LogP contribution >= 0.6 is 0 Å². The van der Waals surface area contributed by atoms with Gasteiger partial charge in [0.2, 0.25) is 0 Å². The first-order valence-corrected chi connectivity index (χ1v) is 5.57. The minimum atomic E-state index is -0.768. The van der Waals surface area contributed by atoms with Crippen LogP contribution in [-0.4, -0.2) is 16.3 Å². The van der Waals surface area contributed by atoms with Gasteiger partial charge in [-0.3, -0.25) is 0 Å². The second-order valence-corrected chi connectivity index (χ2v) is 4.51. The minimum absolute atomic E-state index is 0.0348. The summed E-state index contributed by atoms with van der Waals surface area (Å²) in [7, 11) is 0. The van der Waals surface area contributed by atoms with Gasteiger partial charge in [-0.15, -0.1) is 0 Å². The van der Waals surface area contributed by atoms with Crippen LogP contribution in [0.3, 0.4) is 0 Å². The Bertz CT molecular complexity index is 504. The summed E-state index contributed by atoms with van der Waals surface area (Å²) < 4.78 is 5.55. The van der Waals surface area contributed by atoms with Crippen LogP contribution in [0.1, 0.15) is 42.6 Å². The van der Waals surface area contributed by atoms with Crippen molar-refractivity contribution >= 4 is 0 Å². The van der Waals surface area contributed by atoms with E-state index in [1.54, 1.807) is 6.92 Å². The van der Waals surface area contributed by atoms with Crippen LogP contribution in [0, 0.1) is 18.3 Å². The van der Waals surface area contributed by atoms with E-state index in [2.05, 4.69) is 0 Å². The summed E-state index contributed by atoms with van der Waals surface area (Å²) in [4.78, 5) is 0. The molecule has 1 heterocycles. The molecule has 1 aromatic carbocycles. The fourth-order valence-electron chi connectivity index (χ4n) is 2.39. The van der Waals surface area contributed by atoms with Crippen LogP contribution in [0.2, 0.25) is 0 Å². The molecule has 4 nitrogen and oxygen atoms in total. The number of benzene rings is 1. The third kappa shape index (κ3) is 1.63. The van der Waals surface area contributed by atoms with Gasteiger partial charge in [0.05, 0.1) is 12.2 Å². The Morgan fingerprint density at radius 1 is 1.24 bits per heavy atom. The molecule has 0 unspecified atom stereocenters. The SMILES string of the molecule is Cc1c(O)cc(O)c2c1[C@H](C)[C@@H](C)O[C@H]2C#N. The highest BCUT2D eigenvalue weighted by molar-refractivity contribution is 5.55. The average Bonchev–Trinajstić information content (AvgIpc) is 2.29. The number of phenols is 2. The maximum Gasteiger partial charge on any atom is 0.173 e. The van der Waals surface area contributed by atoms with Crippen molar-refractivity contribution in [3.63, 3.8) is 0 Å². The van der Waals surface area contributed by atoms with Gasteiger partial charge in [-0.1, -0.05) is 6.92 Å². The third-order valence-electron chi connectivity index (χ3n) is 3.52. The second-order valence-electron chi connectivity index (χ2n) is 4.51. The van der Waals surface area contributed by atoms with Crippen LogP contribution in [0.5, 0.6) is 11.5 Å². The molecule has 3 atom stereocenters. The van der Waals surface area contributed by atoms with E-state index in [4.69, 9.17) is 10.00 Å². The monoisotopic (exact) mass is 233 g/mol. The maximum atomic E-state index is 9.88. The standard InChI is InChI=1S/C13H15NO3/c1-6-8(3)17-11(5-14)13-10(16)4-9(15)7(2)12(6)13/h4,6,8,11,15-16H,1-3H3/t6-,8-,11+/m1/s1. The quantitative estimate of drug-likeness (QED) is 0.722. The molecule has 0 radical (unpaired) electrons. The molecule has 1 aliphatic heterocycles. The van der Waals surface area contributed by atoms with Gasteiger partial charge in [-0.05, 0) is 25.0 Å². The van der Waals surface area contributed by atoms with E-state index in [-0.39, 0.29) is 23.5 Å². The van der Waals surface area contributed by atoms with Crippen molar-refractivity contribution in [2.24, 2.45) is 0 Å². The van der Waals surface area contributed by atoms with Crippen molar-refractivity contribution in [2.45, 2.75) is 38.9 Å². The number of hydrogen-bond acceptors (Lipinski definition) is 4. The van der Waals surface area contributed by atoms with Gasteiger partial charge in [0, 0.05) is 17.5 Å². The van der Waals surface area contributed by atoms with Gasteiger partial charge in [-0.25, -0.2) is 0 Å². The fraction of sp³-hybridized carbons (Fsp3) is 0.462. The lowest BCUT2D eigenvalue weighted by Crippen LogP contribution is -2.27. The number of phenolic OH excluding ortho intramolecular Hbond substituents is 2. The molecule has 2 N–H and O–H groups in total. The van der Waals surface area contributed by atoms with E-state index in [9.17, 15) is 10.2 Å². The molecule has 0 aliphatic carbocycles. The zero-order valence-electron chi connectivity index (χ0n) is 10.1. The Kier molecular flexibility index (Phi) is 2.72. The predicted octanol–water partition coefficient (Wildman–Crippen LogP) is 2.49. The molecule has 90 valence electrons. The van der Waals surface area contributed by atoms with Crippen molar-refractivity contribution in [3.8, 4) is 17.6 Å². The molecular formula is C13H15NO3. The van der Waals surface area contributed by atoms with Crippen LogP contribution < -0.4 is 0 Å². The molecule has 0 amide bonds. The summed E-state index contributed by atoms with van der Waals surface area (Å²) in [5, 5.41) is 28.7. The molecule has 0 saturated heterocycles. The Morgan fingerprint density at radius 3 is 2.47 bits per heavy atom. The first-order chi connectivity index (χ1) is 7.97. The van der Waals surface area contributed by atoms with Crippen LogP contribution in [0.25, 0.3) is 0 Å². The molecule has 4 heteroatoms. The lowest BCUT2D eigenvalue weighted by atomic mass is 9.83. The summed E-state index contributed by atoms with van der Waals surface area (Å²) in [6.07, 6.45) is -0.887. The first kappa shape index (κ1) is 11.7. The molecule has 0 aromatic heterocycles. The lowest BCUT2D eigenvalue weighted by Gasteiger charge is -2.34. The average molecular weight is 233 g/mol. The first-order valence-electron chi connectivity index (χ1n) is 5.57. The van der Waals surface area contributed by atoms with E-state index < -0.39 is 6.10 Å². The molecular weight excluding hydrogens is 218 g/mol. The number of nitrogens with zero attached hydrogens (tertiary/aromatic N) is 1. The van der Waals surface area contributed by atoms with Gasteiger partial charge < -0.3 is 14.9 Å². The normalized spacial score (nSPS) is 27.3. The van der Waals surface area contributed by atoms with Crippen molar-refractivity contribution in [1.29, 1.82) is 5.26 Å². The van der Waals surface area contributed by atoms with E-state index in [1.165, 1.54) is 6.07 Å². The smallest absolute Gasteiger partial charge is 0.173 e. The zero-order chi connectivity index (χ0) is 12.7. The zero-order valence-corrected chi connectivity index (χ0v) is 10.1. The van der Waals surface area contributed by atoms with Gasteiger partial charge in [0.25, 0.3) is 0 Å². The summed E-state index contributed by atoms with van der Waals surface area (Å²) in [5.41, 5.74) is 2.03. The number of rotatable bonds is 0. The fourth-order valence-corrected chi connectivity index (χ4v) is 2.39. The summed E-state index contributed by atoms with van der Waals surface area (Å²) in [5.74, 6) is 0.0138. The predicted molar refractivity (Wildman–Crippen MR) is 61.8 cm³/mol. The molecule has 2 rings (SSSR count). The Labute approximate surface area is 100 Å². The lowest BCUT2D eigenvalue weighted by molar-refractivity contribution is -0.00135. The molecule has 17 heavy (non-hydrogen) atoms.